The van der Waals surface area contributed by atoms with E-state index >= 15 is 0 Å². The average molecular weight is 268 g/mol. The molecule has 98 valence electrons. The number of amides is 1. The van der Waals surface area contributed by atoms with Crippen LogP contribution < -0.4 is 0 Å². The first-order valence-corrected chi connectivity index (χ1v) is 6.61. The van der Waals surface area contributed by atoms with Crippen LogP contribution in [0.25, 0.3) is 0 Å². The van der Waals surface area contributed by atoms with E-state index < -0.39 is 0 Å². The molecule has 1 aliphatic rings. The molecule has 0 aromatic heterocycles. The lowest BCUT2D eigenvalue weighted by atomic mass is 10.0. The Kier molecular flexibility index (Phi) is 3.93. The van der Waals surface area contributed by atoms with Gasteiger partial charge in [0.2, 0.25) is 0 Å². The number of aryl methyl sites for hydroxylation is 2. The van der Waals surface area contributed by atoms with Crippen LogP contribution in [0.1, 0.15) is 34.3 Å². The second-order valence-electron chi connectivity index (χ2n) is 4.89. The number of hydrogen-bond donors (Lipinski definition) is 1. The van der Waals surface area contributed by atoms with Crippen LogP contribution in [0.5, 0.6) is 0 Å². The molecule has 1 aromatic carbocycles. The molecule has 1 heterocycles. The lowest BCUT2D eigenvalue weighted by Crippen LogP contribution is -2.37. The van der Waals surface area contributed by atoms with Gasteiger partial charge in [-0.25, -0.2) is 0 Å². The zero-order valence-corrected chi connectivity index (χ0v) is 11.5. The second-order valence-corrected chi connectivity index (χ2v) is 5.30. The summed E-state index contributed by atoms with van der Waals surface area (Å²) in [7, 11) is 0. The second kappa shape index (κ2) is 5.29. The number of rotatable bonds is 2. The minimum atomic E-state index is -0.0698. The Morgan fingerprint density at radius 3 is 2.78 bits per heavy atom. The fourth-order valence-electron chi connectivity index (χ4n) is 2.39. The largest absolute Gasteiger partial charge is 0.394 e. The predicted octanol–water partition coefficient (Wildman–Crippen LogP) is 2.55. The van der Waals surface area contributed by atoms with Crippen molar-refractivity contribution in [1.29, 1.82) is 0 Å². The van der Waals surface area contributed by atoms with Crippen LogP contribution in [0.15, 0.2) is 12.1 Å². The van der Waals surface area contributed by atoms with E-state index in [1.807, 2.05) is 26.0 Å². The summed E-state index contributed by atoms with van der Waals surface area (Å²) in [5.74, 6) is -0.0698. The molecule has 2 rings (SSSR count). The SMILES string of the molecule is Cc1cc(Cl)c(C(=O)N2CCC[C@@H]2CO)cc1C. The number of benzene rings is 1. The van der Waals surface area contributed by atoms with Gasteiger partial charge in [0.05, 0.1) is 23.2 Å². The maximum atomic E-state index is 12.4. The minimum Gasteiger partial charge on any atom is -0.394 e. The van der Waals surface area contributed by atoms with Gasteiger partial charge in [-0.15, -0.1) is 0 Å². The Balaban J connectivity index is 2.31. The maximum absolute atomic E-state index is 12.4. The Bertz CT molecular complexity index is 473. The topological polar surface area (TPSA) is 40.5 Å². The summed E-state index contributed by atoms with van der Waals surface area (Å²) in [6.07, 6.45) is 1.81. The standard InChI is InChI=1S/C14H18ClNO2/c1-9-6-12(13(15)7-10(9)2)14(18)16-5-3-4-11(16)8-17/h6-7,11,17H,3-5,8H2,1-2H3/t11-/m1/s1. The van der Waals surface area contributed by atoms with Gasteiger partial charge < -0.3 is 10.0 Å². The molecule has 1 N–H and O–H groups in total. The van der Waals surface area contributed by atoms with Crippen LogP contribution in [0.4, 0.5) is 0 Å². The molecular formula is C14H18ClNO2. The number of carbonyl (C=O) groups excluding carboxylic acids is 1. The molecule has 1 saturated heterocycles. The lowest BCUT2D eigenvalue weighted by Gasteiger charge is -2.23. The van der Waals surface area contributed by atoms with Crippen LogP contribution in [0, 0.1) is 13.8 Å². The zero-order chi connectivity index (χ0) is 13.3. The summed E-state index contributed by atoms with van der Waals surface area (Å²) in [6, 6.07) is 3.61. The number of aliphatic hydroxyl groups excluding tert-OH is 1. The van der Waals surface area contributed by atoms with Crippen molar-refractivity contribution in [1.82, 2.24) is 4.90 Å². The van der Waals surface area contributed by atoms with Crippen molar-refractivity contribution >= 4 is 17.5 Å². The van der Waals surface area contributed by atoms with Crippen LogP contribution >= 0.6 is 11.6 Å². The van der Waals surface area contributed by atoms with Crippen LogP contribution in [0.3, 0.4) is 0 Å². The molecule has 0 unspecified atom stereocenters. The van der Waals surface area contributed by atoms with Crippen molar-refractivity contribution in [2.45, 2.75) is 32.7 Å². The zero-order valence-electron chi connectivity index (χ0n) is 10.7. The van der Waals surface area contributed by atoms with Gasteiger partial charge in [-0.2, -0.15) is 0 Å². The van der Waals surface area contributed by atoms with Crippen LogP contribution in [0.2, 0.25) is 5.02 Å². The smallest absolute Gasteiger partial charge is 0.255 e. The van der Waals surface area contributed by atoms with E-state index in [1.165, 1.54) is 0 Å². The van der Waals surface area contributed by atoms with E-state index in [2.05, 4.69) is 0 Å². The van der Waals surface area contributed by atoms with Crippen molar-refractivity contribution < 1.29 is 9.90 Å². The fourth-order valence-corrected chi connectivity index (χ4v) is 2.69. The van der Waals surface area contributed by atoms with E-state index in [-0.39, 0.29) is 18.6 Å². The highest BCUT2D eigenvalue weighted by Crippen LogP contribution is 2.26. The number of nitrogens with zero attached hydrogens (tertiary/aromatic N) is 1. The van der Waals surface area contributed by atoms with E-state index in [1.54, 1.807) is 4.90 Å². The molecule has 0 aliphatic carbocycles. The van der Waals surface area contributed by atoms with Crippen LogP contribution in [-0.2, 0) is 0 Å². The normalized spacial score (nSPS) is 19.3. The minimum absolute atomic E-state index is 0.0220. The highest BCUT2D eigenvalue weighted by atomic mass is 35.5. The number of hydrogen-bond acceptors (Lipinski definition) is 2. The summed E-state index contributed by atoms with van der Waals surface area (Å²) in [5.41, 5.74) is 2.68. The number of carbonyl (C=O) groups is 1. The summed E-state index contributed by atoms with van der Waals surface area (Å²) in [6.45, 7) is 4.67. The molecule has 0 spiro atoms. The third-order valence-electron chi connectivity index (χ3n) is 3.66. The van der Waals surface area contributed by atoms with Crippen molar-refractivity contribution in [3.05, 3.63) is 33.8 Å². The fraction of sp³-hybridized carbons (Fsp3) is 0.500. The molecule has 1 aromatic rings. The van der Waals surface area contributed by atoms with Crippen molar-refractivity contribution in [2.24, 2.45) is 0 Å². The quantitative estimate of drug-likeness (QED) is 0.895. The average Bonchev–Trinajstić information content (AvgIpc) is 2.81. The number of aliphatic hydroxyl groups is 1. The first-order valence-electron chi connectivity index (χ1n) is 6.23. The van der Waals surface area contributed by atoms with Gasteiger partial charge in [0.15, 0.2) is 0 Å². The third-order valence-corrected chi connectivity index (χ3v) is 3.98. The molecule has 18 heavy (non-hydrogen) atoms. The molecular weight excluding hydrogens is 250 g/mol. The summed E-state index contributed by atoms with van der Waals surface area (Å²) >= 11 is 6.16. The number of halogens is 1. The molecule has 1 atom stereocenters. The third kappa shape index (κ3) is 2.38. The highest BCUT2D eigenvalue weighted by Gasteiger charge is 2.29. The van der Waals surface area contributed by atoms with Gasteiger partial charge >= 0.3 is 0 Å². The Morgan fingerprint density at radius 2 is 2.11 bits per heavy atom. The molecule has 4 heteroatoms. The van der Waals surface area contributed by atoms with E-state index in [0.717, 1.165) is 24.0 Å². The molecule has 0 bridgehead atoms. The van der Waals surface area contributed by atoms with Crippen LogP contribution in [-0.4, -0.2) is 35.1 Å². The van der Waals surface area contributed by atoms with Gasteiger partial charge in [0.1, 0.15) is 0 Å². The van der Waals surface area contributed by atoms with E-state index in [0.29, 0.717) is 17.1 Å². The van der Waals surface area contributed by atoms with Gasteiger partial charge in [0.25, 0.3) is 5.91 Å². The Labute approximate surface area is 112 Å². The maximum Gasteiger partial charge on any atom is 0.255 e. The van der Waals surface area contributed by atoms with Crippen molar-refractivity contribution in [3.63, 3.8) is 0 Å². The Hall–Kier alpha value is -1.06. The lowest BCUT2D eigenvalue weighted by molar-refractivity contribution is 0.0677. The monoisotopic (exact) mass is 267 g/mol. The van der Waals surface area contributed by atoms with E-state index in [9.17, 15) is 9.90 Å². The highest BCUT2D eigenvalue weighted by molar-refractivity contribution is 6.34. The summed E-state index contributed by atoms with van der Waals surface area (Å²) in [5, 5.41) is 9.77. The molecule has 1 aliphatic heterocycles. The molecule has 3 nitrogen and oxygen atoms in total. The Morgan fingerprint density at radius 1 is 1.44 bits per heavy atom. The first-order chi connectivity index (χ1) is 8.54. The van der Waals surface area contributed by atoms with Gasteiger partial charge in [-0.3, -0.25) is 4.79 Å². The van der Waals surface area contributed by atoms with Crippen molar-refractivity contribution in [2.75, 3.05) is 13.2 Å². The predicted molar refractivity (Wildman–Crippen MR) is 72.1 cm³/mol. The first kappa shape index (κ1) is 13.4. The molecule has 0 radical (unpaired) electrons. The van der Waals surface area contributed by atoms with Gasteiger partial charge in [-0.05, 0) is 49.9 Å². The van der Waals surface area contributed by atoms with Gasteiger partial charge in [0, 0.05) is 6.54 Å². The van der Waals surface area contributed by atoms with E-state index in [4.69, 9.17) is 11.6 Å². The molecule has 0 saturated carbocycles. The van der Waals surface area contributed by atoms with Gasteiger partial charge in [-0.1, -0.05) is 11.6 Å². The number of likely N-dealkylation sites (tertiary alicyclic amines) is 1. The molecule has 1 fully saturated rings. The molecule has 1 amide bonds. The summed E-state index contributed by atoms with van der Waals surface area (Å²) < 4.78 is 0. The van der Waals surface area contributed by atoms with Crippen molar-refractivity contribution in [3.8, 4) is 0 Å². The summed E-state index contributed by atoms with van der Waals surface area (Å²) in [4.78, 5) is 14.2.